The van der Waals surface area contributed by atoms with Gasteiger partial charge in [0.2, 0.25) is 0 Å². The Hall–Kier alpha value is -1.02. The molecule has 0 spiro atoms. The van der Waals surface area contributed by atoms with Crippen LogP contribution in [0.1, 0.15) is 43.4 Å². The monoisotopic (exact) mass is 219 g/mol. The number of aryl methyl sites for hydroxylation is 1. The second-order valence-electron chi connectivity index (χ2n) is 4.54. The lowest BCUT2D eigenvalue weighted by Crippen LogP contribution is -2.21. The topological polar surface area (TPSA) is 21.3 Å². The molecule has 1 N–H and O–H groups in total. The number of ether oxygens (including phenoxy) is 1. The van der Waals surface area contributed by atoms with Crippen molar-refractivity contribution >= 4 is 0 Å². The third-order valence-corrected chi connectivity index (χ3v) is 3.08. The van der Waals surface area contributed by atoms with Gasteiger partial charge in [0.25, 0.3) is 0 Å². The minimum absolute atomic E-state index is 0.470. The highest BCUT2D eigenvalue weighted by molar-refractivity contribution is 5.39. The van der Waals surface area contributed by atoms with Crippen molar-refractivity contribution in [3.05, 3.63) is 29.3 Å². The molecule has 1 heterocycles. The Morgan fingerprint density at radius 1 is 1.44 bits per heavy atom. The zero-order valence-electron chi connectivity index (χ0n) is 10.3. The van der Waals surface area contributed by atoms with Crippen molar-refractivity contribution in [3.8, 4) is 5.75 Å². The molecule has 0 aliphatic carbocycles. The molecule has 16 heavy (non-hydrogen) atoms. The summed E-state index contributed by atoms with van der Waals surface area (Å²) in [7, 11) is 0. The van der Waals surface area contributed by atoms with E-state index < -0.39 is 0 Å². The van der Waals surface area contributed by atoms with Crippen LogP contribution >= 0.6 is 0 Å². The molecule has 0 aromatic heterocycles. The van der Waals surface area contributed by atoms with Crippen molar-refractivity contribution in [2.45, 2.75) is 39.2 Å². The van der Waals surface area contributed by atoms with E-state index in [1.165, 1.54) is 24.0 Å². The molecule has 0 amide bonds. The lowest BCUT2D eigenvalue weighted by molar-refractivity contribution is 0.315. The molecule has 1 unspecified atom stereocenters. The highest BCUT2D eigenvalue weighted by atomic mass is 16.5. The average molecular weight is 219 g/mol. The predicted octanol–water partition coefficient (Wildman–Crippen LogP) is 3.21. The van der Waals surface area contributed by atoms with Crippen molar-refractivity contribution in [1.29, 1.82) is 0 Å². The van der Waals surface area contributed by atoms with Gasteiger partial charge in [-0.1, -0.05) is 24.6 Å². The van der Waals surface area contributed by atoms with Crippen LogP contribution in [0.5, 0.6) is 5.75 Å². The van der Waals surface area contributed by atoms with E-state index in [2.05, 4.69) is 37.4 Å². The summed E-state index contributed by atoms with van der Waals surface area (Å²) in [5.41, 5.74) is 2.65. The standard InChI is InChI=1S/C14H21NO/c1-3-8-15-13-5-4-9-16-14-7-6-11(2)10-12(13)14/h6-7,10,13,15H,3-5,8-9H2,1-2H3. The predicted molar refractivity (Wildman–Crippen MR) is 66.9 cm³/mol. The molecule has 1 atom stereocenters. The third kappa shape index (κ3) is 2.56. The highest BCUT2D eigenvalue weighted by Gasteiger charge is 2.18. The number of benzene rings is 1. The van der Waals surface area contributed by atoms with Gasteiger partial charge in [-0.25, -0.2) is 0 Å². The molecule has 1 aromatic carbocycles. The van der Waals surface area contributed by atoms with Gasteiger partial charge in [-0.15, -0.1) is 0 Å². The van der Waals surface area contributed by atoms with E-state index >= 15 is 0 Å². The molecule has 2 nitrogen and oxygen atoms in total. The Labute approximate surface area is 98.0 Å². The summed E-state index contributed by atoms with van der Waals surface area (Å²) in [6.07, 6.45) is 3.49. The molecule has 2 rings (SSSR count). The SMILES string of the molecule is CCCNC1CCCOc2ccc(C)cc21. The Morgan fingerprint density at radius 2 is 2.31 bits per heavy atom. The maximum Gasteiger partial charge on any atom is 0.124 e. The fourth-order valence-electron chi connectivity index (χ4n) is 2.23. The van der Waals surface area contributed by atoms with E-state index in [-0.39, 0.29) is 0 Å². The number of nitrogens with one attached hydrogen (secondary N) is 1. The first-order chi connectivity index (χ1) is 7.81. The van der Waals surface area contributed by atoms with E-state index in [0.717, 1.165) is 25.3 Å². The third-order valence-electron chi connectivity index (χ3n) is 3.08. The Balaban J connectivity index is 2.24. The molecule has 0 bridgehead atoms. The van der Waals surface area contributed by atoms with Crippen LogP contribution in [-0.2, 0) is 0 Å². The summed E-state index contributed by atoms with van der Waals surface area (Å²) in [5.74, 6) is 1.07. The Kier molecular flexibility index (Phi) is 3.83. The first kappa shape index (κ1) is 11.5. The number of hydrogen-bond acceptors (Lipinski definition) is 2. The maximum absolute atomic E-state index is 5.77. The van der Waals surface area contributed by atoms with Gasteiger partial charge in [-0.3, -0.25) is 0 Å². The molecule has 0 fully saturated rings. The lowest BCUT2D eigenvalue weighted by Gasteiger charge is -2.18. The second-order valence-corrected chi connectivity index (χ2v) is 4.54. The van der Waals surface area contributed by atoms with Gasteiger partial charge in [-0.05, 0) is 38.8 Å². The lowest BCUT2D eigenvalue weighted by atomic mass is 10.00. The highest BCUT2D eigenvalue weighted by Crippen LogP contribution is 2.32. The smallest absolute Gasteiger partial charge is 0.124 e. The molecule has 1 aliphatic rings. The van der Waals surface area contributed by atoms with Crippen LogP contribution < -0.4 is 10.1 Å². The Morgan fingerprint density at radius 3 is 3.12 bits per heavy atom. The van der Waals surface area contributed by atoms with E-state index in [9.17, 15) is 0 Å². The molecule has 1 aliphatic heterocycles. The van der Waals surface area contributed by atoms with Gasteiger partial charge in [0.1, 0.15) is 5.75 Å². The fourth-order valence-corrected chi connectivity index (χ4v) is 2.23. The van der Waals surface area contributed by atoms with Gasteiger partial charge in [0, 0.05) is 11.6 Å². The molecular weight excluding hydrogens is 198 g/mol. The van der Waals surface area contributed by atoms with Gasteiger partial charge < -0.3 is 10.1 Å². The van der Waals surface area contributed by atoms with Crippen LogP contribution in [-0.4, -0.2) is 13.2 Å². The minimum Gasteiger partial charge on any atom is -0.493 e. The van der Waals surface area contributed by atoms with Crippen molar-refractivity contribution < 1.29 is 4.74 Å². The molecule has 1 aromatic rings. The molecule has 88 valence electrons. The average Bonchev–Trinajstić information content (AvgIpc) is 2.48. The first-order valence-corrected chi connectivity index (χ1v) is 6.28. The molecule has 2 heteroatoms. The van der Waals surface area contributed by atoms with Gasteiger partial charge in [0.05, 0.1) is 6.61 Å². The zero-order chi connectivity index (χ0) is 11.4. The van der Waals surface area contributed by atoms with Gasteiger partial charge in [-0.2, -0.15) is 0 Å². The summed E-state index contributed by atoms with van der Waals surface area (Å²) in [4.78, 5) is 0. The summed E-state index contributed by atoms with van der Waals surface area (Å²) in [6.45, 7) is 6.28. The summed E-state index contributed by atoms with van der Waals surface area (Å²) in [6, 6.07) is 6.96. The molecule has 0 saturated carbocycles. The van der Waals surface area contributed by atoms with E-state index in [1.54, 1.807) is 0 Å². The van der Waals surface area contributed by atoms with Crippen molar-refractivity contribution in [2.24, 2.45) is 0 Å². The summed E-state index contributed by atoms with van der Waals surface area (Å²) < 4.78 is 5.77. The van der Waals surface area contributed by atoms with Gasteiger partial charge >= 0.3 is 0 Å². The normalized spacial score (nSPS) is 19.8. The molecule has 0 radical (unpaired) electrons. The summed E-state index contributed by atoms with van der Waals surface area (Å²) >= 11 is 0. The van der Waals surface area contributed by atoms with Crippen LogP contribution in [0.3, 0.4) is 0 Å². The van der Waals surface area contributed by atoms with Crippen LogP contribution in [0.15, 0.2) is 18.2 Å². The largest absolute Gasteiger partial charge is 0.493 e. The van der Waals surface area contributed by atoms with E-state index in [1.807, 2.05) is 0 Å². The van der Waals surface area contributed by atoms with Crippen LogP contribution in [0.25, 0.3) is 0 Å². The first-order valence-electron chi connectivity index (χ1n) is 6.28. The fraction of sp³-hybridized carbons (Fsp3) is 0.571. The number of hydrogen-bond donors (Lipinski definition) is 1. The maximum atomic E-state index is 5.77. The van der Waals surface area contributed by atoms with Crippen LogP contribution in [0.4, 0.5) is 0 Å². The quantitative estimate of drug-likeness (QED) is 0.843. The number of rotatable bonds is 3. The van der Waals surface area contributed by atoms with Crippen LogP contribution in [0.2, 0.25) is 0 Å². The zero-order valence-corrected chi connectivity index (χ0v) is 10.3. The van der Waals surface area contributed by atoms with Crippen molar-refractivity contribution in [1.82, 2.24) is 5.32 Å². The van der Waals surface area contributed by atoms with Crippen LogP contribution in [0, 0.1) is 6.92 Å². The molecule has 0 saturated heterocycles. The Bertz CT molecular complexity index is 349. The molecular formula is C14H21NO. The second kappa shape index (κ2) is 5.35. The minimum atomic E-state index is 0.470. The van der Waals surface area contributed by atoms with E-state index in [4.69, 9.17) is 4.74 Å². The van der Waals surface area contributed by atoms with E-state index in [0.29, 0.717) is 6.04 Å². The van der Waals surface area contributed by atoms with Gasteiger partial charge in [0.15, 0.2) is 0 Å². The van der Waals surface area contributed by atoms with Crippen molar-refractivity contribution in [2.75, 3.05) is 13.2 Å². The summed E-state index contributed by atoms with van der Waals surface area (Å²) in [5, 5.41) is 3.61. The number of fused-ring (bicyclic) bond motifs is 1. The van der Waals surface area contributed by atoms with Crippen molar-refractivity contribution in [3.63, 3.8) is 0 Å².